The topological polar surface area (TPSA) is 32.3 Å². The lowest BCUT2D eigenvalue weighted by Gasteiger charge is -2.45. The molecule has 1 aliphatic heterocycles. The highest BCUT2D eigenvalue weighted by atomic mass is 16.2. The maximum atomic E-state index is 12.6. The minimum atomic E-state index is -0.0511. The van der Waals surface area contributed by atoms with E-state index in [4.69, 9.17) is 0 Å². The third kappa shape index (κ3) is 3.94. The number of carbonyl (C=O) groups excluding carboxylic acids is 1. The van der Waals surface area contributed by atoms with E-state index in [0.717, 1.165) is 12.4 Å². The van der Waals surface area contributed by atoms with Crippen LogP contribution in [0.3, 0.4) is 0 Å². The molecule has 1 atom stereocenters. The molecule has 0 spiro atoms. The average Bonchev–Trinajstić information content (AvgIpc) is 2.84. The van der Waals surface area contributed by atoms with Crippen LogP contribution in [0.1, 0.15) is 41.5 Å². The smallest absolute Gasteiger partial charge is 0.280 e. The summed E-state index contributed by atoms with van der Waals surface area (Å²) in [6.45, 7) is 14.4. The molecule has 1 aliphatic rings. The van der Waals surface area contributed by atoms with E-state index in [0.29, 0.717) is 11.0 Å². The highest BCUT2D eigenvalue weighted by Crippen LogP contribution is 2.33. The summed E-state index contributed by atoms with van der Waals surface area (Å²) >= 11 is 0. The fourth-order valence-corrected chi connectivity index (χ4v) is 2.76. The highest BCUT2D eigenvalue weighted by molar-refractivity contribution is 5.91. The molecule has 1 N–H and O–H groups in total. The van der Waals surface area contributed by atoms with Crippen LogP contribution in [0.2, 0.25) is 0 Å². The second-order valence-electron chi connectivity index (χ2n) is 8.36. The Hall–Kier alpha value is -1.81. The largest absolute Gasteiger partial charge is 0.321 e. The molecule has 0 saturated heterocycles. The van der Waals surface area contributed by atoms with E-state index in [1.54, 1.807) is 0 Å². The van der Waals surface area contributed by atoms with Gasteiger partial charge in [-0.05, 0) is 53.7 Å². The summed E-state index contributed by atoms with van der Waals surface area (Å²) in [7, 11) is 0. The Morgan fingerprint density at radius 3 is 2.22 bits per heavy atom. The molecule has 4 nitrogen and oxygen atoms in total. The van der Waals surface area contributed by atoms with Crippen LogP contribution < -0.4 is 5.32 Å². The quantitative estimate of drug-likeness (QED) is 0.861. The Labute approximate surface area is 140 Å². The molecule has 2 rings (SSSR count). The molecule has 0 aromatic heterocycles. The van der Waals surface area contributed by atoms with Gasteiger partial charge in [-0.2, -0.15) is 0 Å². The number of amides is 1. The molecular formula is C19H30N3O+. The number of hydrogen-bond acceptors (Lipinski definition) is 2. The zero-order valence-corrected chi connectivity index (χ0v) is 15.3. The summed E-state index contributed by atoms with van der Waals surface area (Å²) < 4.78 is 0.628. The Bertz CT molecular complexity index is 581. The van der Waals surface area contributed by atoms with Crippen molar-refractivity contribution in [2.24, 2.45) is 0 Å². The van der Waals surface area contributed by atoms with Gasteiger partial charge < -0.3 is 10.2 Å². The van der Waals surface area contributed by atoms with E-state index in [2.05, 4.69) is 64.2 Å². The molecule has 1 amide bonds. The Morgan fingerprint density at radius 1 is 1.13 bits per heavy atom. The molecule has 1 aromatic rings. The predicted molar refractivity (Wildman–Crippen MR) is 95.6 cm³/mol. The molecule has 1 unspecified atom stereocenters. The number of quaternary nitrogens is 1. The maximum absolute atomic E-state index is 12.6. The Morgan fingerprint density at radius 2 is 1.74 bits per heavy atom. The average molecular weight is 316 g/mol. The van der Waals surface area contributed by atoms with Crippen molar-refractivity contribution in [3.8, 4) is 0 Å². The van der Waals surface area contributed by atoms with Crippen molar-refractivity contribution in [1.82, 2.24) is 4.90 Å². The standard InChI is InChI=1S/C19H29N3O/c1-18(2,3)21-12-13-22(15-21,19(4,5)6)14-17(23)20-16-10-8-7-9-11-16/h7-13H,14-15H2,1-6H3/p+1. The van der Waals surface area contributed by atoms with Gasteiger partial charge in [0.15, 0.2) is 13.2 Å². The zero-order chi connectivity index (χ0) is 17.3. The molecule has 0 fully saturated rings. The molecule has 0 bridgehead atoms. The number of nitrogens with one attached hydrogen (secondary N) is 1. The van der Waals surface area contributed by atoms with Crippen molar-refractivity contribution in [1.29, 1.82) is 0 Å². The molecule has 0 radical (unpaired) electrons. The van der Waals surface area contributed by atoms with Gasteiger partial charge in [0.2, 0.25) is 0 Å². The van der Waals surface area contributed by atoms with Crippen molar-refractivity contribution in [2.45, 2.75) is 52.6 Å². The number of hydrogen-bond donors (Lipinski definition) is 1. The van der Waals surface area contributed by atoms with Crippen LogP contribution in [0.15, 0.2) is 42.7 Å². The second kappa shape index (κ2) is 6.00. The summed E-state index contributed by atoms with van der Waals surface area (Å²) in [5, 5.41) is 3.01. The van der Waals surface area contributed by atoms with Gasteiger partial charge in [0, 0.05) is 11.2 Å². The fraction of sp³-hybridized carbons (Fsp3) is 0.526. The van der Waals surface area contributed by atoms with Crippen LogP contribution >= 0.6 is 0 Å². The fourth-order valence-electron chi connectivity index (χ4n) is 2.76. The SMILES string of the molecule is CC(C)(C)N1C=C[N+](CC(=O)Nc2ccccc2)(C(C)(C)C)C1. The lowest BCUT2D eigenvalue weighted by Crippen LogP contribution is -2.61. The first-order valence-corrected chi connectivity index (χ1v) is 8.21. The molecule has 23 heavy (non-hydrogen) atoms. The first-order valence-electron chi connectivity index (χ1n) is 8.21. The lowest BCUT2D eigenvalue weighted by atomic mass is 10.0. The van der Waals surface area contributed by atoms with Crippen LogP contribution in [0, 0.1) is 0 Å². The Balaban J connectivity index is 2.15. The summed E-state index contributed by atoms with van der Waals surface area (Å²) in [5.74, 6) is 0.0477. The normalized spacial score (nSPS) is 21.6. The molecular weight excluding hydrogens is 286 g/mol. The van der Waals surface area contributed by atoms with Gasteiger partial charge in [-0.1, -0.05) is 18.2 Å². The van der Waals surface area contributed by atoms with E-state index in [-0.39, 0.29) is 17.0 Å². The molecule has 0 aliphatic carbocycles. The van der Waals surface area contributed by atoms with E-state index in [1.807, 2.05) is 30.3 Å². The molecule has 126 valence electrons. The number of benzene rings is 1. The molecule has 4 heteroatoms. The van der Waals surface area contributed by atoms with Crippen LogP contribution in [0.5, 0.6) is 0 Å². The second-order valence-corrected chi connectivity index (χ2v) is 8.36. The monoisotopic (exact) mass is 316 g/mol. The molecule has 0 saturated carbocycles. The van der Waals surface area contributed by atoms with Gasteiger partial charge in [0.25, 0.3) is 5.91 Å². The van der Waals surface area contributed by atoms with Crippen molar-refractivity contribution in [3.63, 3.8) is 0 Å². The number of carbonyl (C=O) groups is 1. The number of rotatable bonds is 3. The van der Waals surface area contributed by atoms with Crippen LogP contribution in [-0.2, 0) is 4.79 Å². The highest BCUT2D eigenvalue weighted by Gasteiger charge is 2.46. The lowest BCUT2D eigenvalue weighted by molar-refractivity contribution is -0.919. The number of nitrogens with zero attached hydrogens (tertiary/aromatic N) is 2. The van der Waals surface area contributed by atoms with Crippen molar-refractivity contribution in [3.05, 3.63) is 42.7 Å². The van der Waals surface area contributed by atoms with E-state index < -0.39 is 0 Å². The summed E-state index contributed by atoms with van der Waals surface area (Å²) in [6.07, 6.45) is 4.32. The minimum absolute atomic E-state index is 0.0477. The van der Waals surface area contributed by atoms with Gasteiger partial charge in [0.05, 0.1) is 11.7 Å². The van der Waals surface area contributed by atoms with E-state index in [9.17, 15) is 4.79 Å². The molecule has 1 heterocycles. The third-order valence-corrected chi connectivity index (χ3v) is 4.62. The molecule has 1 aromatic carbocycles. The van der Waals surface area contributed by atoms with Gasteiger partial charge >= 0.3 is 0 Å². The predicted octanol–water partition coefficient (Wildman–Crippen LogP) is 3.78. The summed E-state index contributed by atoms with van der Waals surface area (Å²) in [4.78, 5) is 14.9. The third-order valence-electron chi connectivity index (χ3n) is 4.62. The minimum Gasteiger partial charge on any atom is -0.321 e. The zero-order valence-electron chi connectivity index (χ0n) is 15.3. The van der Waals surface area contributed by atoms with Crippen molar-refractivity contribution < 1.29 is 9.28 Å². The number of para-hydroxylation sites is 1. The Kier molecular flexibility index (Phi) is 4.58. The van der Waals surface area contributed by atoms with Crippen LogP contribution in [-0.4, -0.2) is 39.6 Å². The van der Waals surface area contributed by atoms with Gasteiger partial charge in [-0.25, -0.2) is 0 Å². The summed E-state index contributed by atoms with van der Waals surface area (Å²) in [6, 6.07) is 9.64. The number of anilines is 1. The summed E-state index contributed by atoms with van der Waals surface area (Å²) in [5.41, 5.74) is 0.850. The van der Waals surface area contributed by atoms with Gasteiger partial charge in [-0.15, -0.1) is 0 Å². The first-order chi connectivity index (χ1) is 10.5. The first kappa shape index (κ1) is 17.5. The van der Waals surface area contributed by atoms with Crippen LogP contribution in [0.25, 0.3) is 0 Å². The van der Waals surface area contributed by atoms with E-state index >= 15 is 0 Å². The maximum Gasteiger partial charge on any atom is 0.280 e. The van der Waals surface area contributed by atoms with Gasteiger partial charge in [0.1, 0.15) is 6.20 Å². The van der Waals surface area contributed by atoms with E-state index in [1.165, 1.54) is 0 Å². The van der Waals surface area contributed by atoms with Crippen LogP contribution in [0.4, 0.5) is 5.69 Å². The van der Waals surface area contributed by atoms with Gasteiger partial charge in [-0.3, -0.25) is 9.28 Å². The van der Waals surface area contributed by atoms with Crippen molar-refractivity contribution in [2.75, 3.05) is 18.5 Å². The van der Waals surface area contributed by atoms with Crippen molar-refractivity contribution >= 4 is 11.6 Å².